The van der Waals surface area contributed by atoms with E-state index in [0.717, 1.165) is 41.6 Å². The number of terminal acetylenes is 1. The van der Waals surface area contributed by atoms with Gasteiger partial charge in [0.05, 0.1) is 29.6 Å². The monoisotopic (exact) mass is 490 g/mol. The van der Waals surface area contributed by atoms with Crippen LogP contribution in [-0.2, 0) is 6.54 Å². The predicted molar refractivity (Wildman–Crippen MR) is 143 cm³/mol. The van der Waals surface area contributed by atoms with Crippen LogP contribution in [0.1, 0.15) is 51.5 Å². The van der Waals surface area contributed by atoms with Gasteiger partial charge in [-0.3, -0.25) is 9.56 Å². The Kier molecular flexibility index (Phi) is 7.77. The van der Waals surface area contributed by atoms with Crippen molar-refractivity contribution in [1.29, 1.82) is 0 Å². The Labute approximate surface area is 211 Å². The van der Waals surface area contributed by atoms with Crippen LogP contribution in [-0.4, -0.2) is 33.5 Å². The molecule has 2 atom stereocenters. The number of nitrogens with zero attached hydrogens (tertiary/aromatic N) is 3. The van der Waals surface area contributed by atoms with Crippen molar-refractivity contribution in [1.82, 2.24) is 14.9 Å². The Bertz CT molecular complexity index is 1320. The van der Waals surface area contributed by atoms with Crippen molar-refractivity contribution in [3.63, 3.8) is 0 Å². The van der Waals surface area contributed by atoms with Gasteiger partial charge in [0.25, 0.3) is 0 Å². The highest BCUT2D eigenvalue weighted by molar-refractivity contribution is 6.22. The van der Waals surface area contributed by atoms with E-state index in [1.165, 1.54) is 5.56 Å². The maximum atomic E-state index is 13.3. The summed E-state index contributed by atoms with van der Waals surface area (Å²) in [5, 5.41) is 4.21. The summed E-state index contributed by atoms with van der Waals surface area (Å²) in [5.74, 6) is 4.43. The summed E-state index contributed by atoms with van der Waals surface area (Å²) in [5.41, 5.74) is 2.70. The van der Waals surface area contributed by atoms with Crippen LogP contribution >= 0.6 is 11.6 Å². The van der Waals surface area contributed by atoms with Crippen LogP contribution in [0.5, 0.6) is 5.75 Å². The van der Waals surface area contributed by atoms with E-state index in [4.69, 9.17) is 22.8 Å². The minimum Gasteiger partial charge on any atom is -0.481 e. The number of halogens is 1. The maximum absolute atomic E-state index is 13.3. The van der Waals surface area contributed by atoms with Crippen molar-refractivity contribution in [3.8, 4) is 29.4 Å². The number of amidine groups is 1. The lowest BCUT2D eigenvalue weighted by molar-refractivity contribution is 0.371. The molecule has 6 nitrogen and oxygen atoms in total. The van der Waals surface area contributed by atoms with E-state index >= 15 is 0 Å². The number of aliphatic imine (C=N–C) groups is 1. The number of benzene rings is 2. The Morgan fingerprint density at radius 3 is 2.69 bits per heavy atom. The van der Waals surface area contributed by atoms with E-state index in [-0.39, 0.29) is 18.3 Å². The molecule has 35 heavy (non-hydrogen) atoms. The topological polar surface area (TPSA) is 68.5 Å². The molecule has 0 amide bonds. The molecule has 0 saturated carbocycles. The Balaban J connectivity index is 1.75. The van der Waals surface area contributed by atoms with Crippen molar-refractivity contribution < 1.29 is 4.74 Å². The number of rotatable bonds is 9. The first-order valence-electron chi connectivity index (χ1n) is 12.1. The van der Waals surface area contributed by atoms with Crippen LogP contribution < -0.4 is 15.7 Å². The first-order chi connectivity index (χ1) is 16.9. The summed E-state index contributed by atoms with van der Waals surface area (Å²) < 4.78 is 7.34. The molecule has 0 spiro atoms. The quantitative estimate of drug-likeness (QED) is 0.250. The number of aromatic nitrogens is 2. The van der Waals surface area contributed by atoms with Gasteiger partial charge in [-0.25, -0.2) is 4.79 Å². The van der Waals surface area contributed by atoms with Gasteiger partial charge in [0.1, 0.15) is 17.9 Å². The normalized spacial score (nSPS) is 17.3. The lowest BCUT2D eigenvalue weighted by atomic mass is 9.99. The van der Waals surface area contributed by atoms with Crippen LogP contribution in [0.2, 0.25) is 0 Å². The van der Waals surface area contributed by atoms with Crippen molar-refractivity contribution in [3.05, 3.63) is 58.5 Å². The molecule has 1 N–H and O–H groups in total. The fourth-order valence-corrected chi connectivity index (χ4v) is 4.53. The van der Waals surface area contributed by atoms with Gasteiger partial charge in [-0.1, -0.05) is 69.0 Å². The molecule has 0 saturated heterocycles. The summed E-state index contributed by atoms with van der Waals surface area (Å²) in [7, 11) is 0. The molecule has 182 valence electrons. The third-order valence-corrected chi connectivity index (χ3v) is 6.64. The number of alkyl halides is 1. The molecule has 2 aromatic carbocycles. The van der Waals surface area contributed by atoms with Crippen molar-refractivity contribution in [2.45, 2.75) is 64.0 Å². The first kappa shape index (κ1) is 24.8. The molecule has 1 aliphatic heterocycles. The van der Waals surface area contributed by atoms with E-state index in [9.17, 15) is 4.79 Å². The van der Waals surface area contributed by atoms with Crippen LogP contribution in [0.3, 0.4) is 0 Å². The Morgan fingerprint density at radius 1 is 1.23 bits per heavy atom. The number of nitrogens with one attached hydrogen (secondary N) is 1. The third-order valence-electron chi connectivity index (χ3n) is 6.23. The van der Waals surface area contributed by atoms with Gasteiger partial charge in [-0.2, -0.15) is 4.98 Å². The summed E-state index contributed by atoms with van der Waals surface area (Å²) in [6.07, 6.45) is 8.35. The standard InChI is InChI=1S/C28H31ClN4O2/c1-5-7-8-25-30-23(27(29)31-25)17-33-24-14-13-21(35-15-6-2)16-22(24)26(32-28(33)34)20-11-9-19(10-12-20)18(3)4/h2,9-14,16,18,23,27H,5,7-8,15,17H2,1,3-4H3,(H,30,31). The SMILES string of the molecule is C#CCOc1ccc2c(c1)c(-c1ccc(C(C)C)cc1)nc(=O)n2CC1NC(CCCC)=NC1Cl. The van der Waals surface area contributed by atoms with Gasteiger partial charge in [0.2, 0.25) is 0 Å². The van der Waals surface area contributed by atoms with Crippen LogP contribution in [0.4, 0.5) is 0 Å². The number of hydrogen-bond donors (Lipinski definition) is 1. The second kappa shape index (κ2) is 11.0. The highest BCUT2D eigenvalue weighted by atomic mass is 35.5. The summed E-state index contributed by atoms with van der Waals surface area (Å²) in [6, 6.07) is 13.6. The highest BCUT2D eigenvalue weighted by Crippen LogP contribution is 2.30. The number of unbranched alkanes of at least 4 members (excludes halogenated alkanes) is 1. The van der Waals surface area contributed by atoms with Crippen LogP contribution in [0.25, 0.3) is 22.2 Å². The molecule has 0 radical (unpaired) electrons. The molecule has 2 unspecified atom stereocenters. The van der Waals surface area contributed by atoms with Gasteiger partial charge >= 0.3 is 5.69 Å². The Hall–Kier alpha value is -3.30. The average molecular weight is 491 g/mol. The molecule has 7 heteroatoms. The lowest BCUT2D eigenvalue weighted by Crippen LogP contribution is -2.40. The largest absolute Gasteiger partial charge is 0.481 e. The number of ether oxygens (including phenoxy) is 1. The zero-order chi connectivity index (χ0) is 24.9. The smallest absolute Gasteiger partial charge is 0.348 e. The molecule has 4 rings (SSSR count). The summed E-state index contributed by atoms with van der Waals surface area (Å²) in [6.45, 7) is 6.96. The fourth-order valence-electron chi connectivity index (χ4n) is 4.27. The van der Waals surface area contributed by atoms with E-state index in [1.54, 1.807) is 4.57 Å². The van der Waals surface area contributed by atoms with E-state index in [2.05, 4.69) is 54.1 Å². The zero-order valence-corrected chi connectivity index (χ0v) is 21.2. The molecule has 1 aliphatic rings. The summed E-state index contributed by atoms with van der Waals surface area (Å²) >= 11 is 6.53. The van der Waals surface area contributed by atoms with Gasteiger partial charge in [-0.05, 0) is 36.1 Å². The first-order valence-corrected chi connectivity index (χ1v) is 12.5. The van der Waals surface area contributed by atoms with E-state index < -0.39 is 5.50 Å². The maximum Gasteiger partial charge on any atom is 0.348 e. The second-order valence-corrected chi connectivity index (χ2v) is 9.55. The number of hydrogen-bond acceptors (Lipinski definition) is 5. The minimum absolute atomic E-state index is 0.161. The highest BCUT2D eigenvalue weighted by Gasteiger charge is 2.28. The fraction of sp³-hybridized carbons (Fsp3) is 0.393. The van der Waals surface area contributed by atoms with Crippen LogP contribution in [0.15, 0.2) is 52.3 Å². The molecule has 0 bridgehead atoms. The van der Waals surface area contributed by atoms with Crippen LogP contribution in [0, 0.1) is 12.3 Å². The van der Waals surface area contributed by atoms with Crippen molar-refractivity contribution in [2.75, 3.05) is 6.61 Å². The van der Waals surface area contributed by atoms with Crippen molar-refractivity contribution >= 4 is 28.3 Å². The number of fused-ring (bicyclic) bond motifs is 1. The van der Waals surface area contributed by atoms with Gasteiger partial charge in [-0.15, -0.1) is 6.42 Å². The van der Waals surface area contributed by atoms with Gasteiger partial charge < -0.3 is 10.1 Å². The molecule has 0 aliphatic carbocycles. The van der Waals surface area contributed by atoms with Gasteiger partial charge in [0.15, 0.2) is 0 Å². The molecule has 0 fully saturated rings. The molecular weight excluding hydrogens is 460 g/mol. The molecule has 3 aromatic rings. The third kappa shape index (κ3) is 5.52. The lowest BCUT2D eigenvalue weighted by Gasteiger charge is -2.19. The average Bonchev–Trinajstić information content (AvgIpc) is 3.21. The minimum atomic E-state index is -0.440. The van der Waals surface area contributed by atoms with E-state index in [1.807, 2.05) is 30.3 Å². The second-order valence-electron chi connectivity index (χ2n) is 9.10. The molecule has 2 heterocycles. The Morgan fingerprint density at radius 2 is 2.00 bits per heavy atom. The zero-order valence-electron chi connectivity index (χ0n) is 20.4. The summed E-state index contributed by atoms with van der Waals surface area (Å²) in [4.78, 5) is 22.3. The van der Waals surface area contributed by atoms with E-state index in [0.29, 0.717) is 23.9 Å². The molecular formula is C28H31ClN4O2. The molecule has 1 aromatic heterocycles. The van der Waals surface area contributed by atoms with Crippen molar-refractivity contribution in [2.24, 2.45) is 4.99 Å². The predicted octanol–water partition coefficient (Wildman–Crippen LogP) is 5.32. The van der Waals surface area contributed by atoms with Gasteiger partial charge in [0, 0.05) is 17.4 Å².